The number of hydrogen-bond acceptors (Lipinski definition) is 1. The largest absolute Gasteiger partial charge is 0.313 e. The van der Waals surface area contributed by atoms with Gasteiger partial charge >= 0.3 is 0 Å². The second kappa shape index (κ2) is 8.13. The van der Waals surface area contributed by atoms with Crippen molar-refractivity contribution in [2.75, 3.05) is 6.54 Å². The fraction of sp³-hybridized carbons (Fsp3) is 0.833. The lowest BCUT2D eigenvalue weighted by atomic mass is 10.1. The predicted octanol–water partition coefficient (Wildman–Crippen LogP) is 2.81. The van der Waals surface area contributed by atoms with E-state index in [0.717, 1.165) is 25.3 Å². The average molecular weight is 181 g/mol. The minimum absolute atomic E-state index is 0.525. The summed E-state index contributed by atoms with van der Waals surface area (Å²) < 4.78 is 0. The van der Waals surface area contributed by atoms with Gasteiger partial charge in [0.15, 0.2) is 0 Å². The van der Waals surface area contributed by atoms with Crippen LogP contribution in [0.25, 0.3) is 0 Å². The summed E-state index contributed by atoms with van der Waals surface area (Å²) in [6.07, 6.45) is 9.83. The van der Waals surface area contributed by atoms with E-state index in [0.29, 0.717) is 6.04 Å². The van der Waals surface area contributed by atoms with Gasteiger partial charge in [-0.3, -0.25) is 0 Å². The molecule has 0 saturated heterocycles. The molecular formula is C12H23N. The Morgan fingerprint density at radius 2 is 2.08 bits per heavy atom. The zero-order valence-electron chi connectivity index (χ0n) is 9.27. The van der Waals surface area contributed by atoms with E-state index in [9.17, 15) is 0 Å². The van der Waals surface area contributed by atoms with Crippen molar-refractivity contribution in [1.82, 2.24) is 5.32 Å². The van der Waals surface area contributed by atoms with Crippen LogP contribution in [0.15, 0.2) is 0 Å². The molecule has 1 unspecified atom stereocenters. The standard InChI is InChI=1S/C12H23N/c1-5-8-12(6-2)13-10-7-9-11(3)4/h1,11-13H,6-10H2,2-4H3. The second-order valence-electron chi connectivity index (χ2n) is 4.00. The zero-order valence-corrected chi connectivity index (χ0v) is 9.27. The quantitative estimate of drug-likeness (QED) is 0.470. The Morgan fingerprint density at radius 3 is 2.54 bits per heavy atom. The van der Waals surface area contributed by atoms with Gasteiger partial charge in [-0.05, 0) is 31.7 Å². The third kappa shape index (κ3) is 7.87. The predicted molar refractivity (Wildman–Crippen MR) is 59.6 cm³/mol. The molecule has 0 fully saturated rings. The monoisotopic (exact) mass is 181 g/mol. The van der Waals surface area contributed by atoms with Gasteiger partial charge in [0.25, 0.3) is 0 Å². The van der Waals surface area contributed by atoms with Gasteiger partial charge in [-0.25, -0.2) is 0 Å². The maximum atomic E-state index is 5.27. The fourth-order valence-corrected chi connectivity index (χ4v) is 1.32. The van der Waals surface area contributed by atoms with Crippen molar-refractivity contribution in [2.45, 2.75) is 52.5 Å². The van der Waals surface area contributed by atoms with Gasteiger partial charge in [-0.15, -0.1) is 12.3 Å². The molecule has 1 heteroatoms. The summed E-state index contributed by atoms with van der Waals surface area (Å²) in [5, 5.41) is 3.48. The minimum atomic E-state index is 0.525. The van der Waals surface area contributed by atoms with Crippen LogP contribution >= 0.6 is 0 Å². The first-order chi connectivity index (χ1) is 6.20. The van der Waals surface area contributed by atoms with Crippen LogP contribution in [0.3, 0.4) is 0 Å². The molecule has 0 heterocycles. The highest BCUT2D eigenvalue weighted by Crippen LogP contribution is 2.03. The summed E-state index contributed by atoms with van der Waals surface area (Å²) in [5.74, 6) is 3.52. The first-order valence-corrected chi connectivity index (χ1v) is 5.37. The second-order valence-corrected chi connectivity index (χ2v) is 4.00. The molecule has 0 amide bonds. The molecule has 0 aliphatic carbocycles. The van der Waals surface area contributed by atoms with Gasteiger partial charge in [-0.2, -0.15) is 0 Å². The molecule has 0 spiro atoms. The molecule has 13 heavy (non-hydrogen) atoms. The van der Waals surface area contributed by atoms with Gasteiger partial charge in [0.05, 0.1) is 0 Å². The van der Waals surface area contributed by atoms with Crippen LogP contribution in [0.5, 0.6) is 0 Å². The molecule has 0 rings (SSSR count). The lowest BCUT2D eigenvalue weighted by Gasteiger charge is -2.14. The molecule has 0 bridgehead atoms. The summed E-state index contributed by atoms with van der Waals surface area (Å²) in [7, 11) is 0. The van der Waals surface area contributed by atoms with E-state index in [2.05, 4.69) is 32.0 Å². The van der Waals surface area contributed by atoms with Crippen LogP contribution in [-0.4, -0.2) is 12.6 Å². The summed E-state index contributed by atoms with van der Waals surface area (Å²) in [4.78, 5) is 0. The Hall–Kier alpha value is -0.480. The van der Waals surface area contributed by atoms with Crippen molar-refractivity contribution in [2.24, 2.45) is 5.92 Å². The van der Waals surface area contributed by atoms with Crippen molar-refractivity contribution >= 4 is 0 Å². The van der Waals surface area contributed by atoms with E-state index in [1.165, 1.54) is 12.8 Å². The molecule has 1 nitrogen and oxygen atoms in total. The van der Waals surface area contributed by atoms with E-state index in [1.54, 1.807) is 0 Å². The van der Waals surface area contributed by atoms with Crippen LogP contribution in [0, 0.1) is 18.3 Å². The van der Waals surface area contributed by atoms with Crippen LogP contribution in [0.1, 0.15) is 46.5 Å². The molecule has 0 radical (unpaired) electrons. The maximum absolute atomic E-state index is 5.27. The SMILES string of the molecule is C#CCC(CC)NCCCC(C)C. The van der Waals surface area contributed by atoms with Gasteiger partial charge in [0.1, 0.15) is 0 Å². The average Bonchev–Trinajstić information content (AvgIpc) is 2.10. The number of hydrogen-bond donors (Lipinski definition) is 1. The molecule has 0 aliphatic rings. The minimum Gasteiger partial charge on any atom is -0.313 e. The van der Waals surface area contributed by atoms with E-state index in [1.807, 2.05) is 0 Å². The highest BCUT2D eigenvalue weighted by molar-refractivity contribution is 4.89. The molecule has 76 valence electrons. The summed E-state index contributed by atoms with van der Waals surface area (Å²) in [6.45, 7) is 7.81. The Kier molecular flexibility index (Phi) is 7.83. The van der Waals surface area contributed by atoms with Crippen LogP contribution in [0.4, 0.5) is 0 Å². The smallest absolute Gasteiger partial charge is 0.0240 e. The third-order valence-electron chi connectivity index (χ3n) is 2.25. The Labute approximate surface area is 83.3 Å². The topological polar surface area (TPSA) is 12.0 Å². The summed E-state index contributed by atoms with van der Waals surface area (Å²) in [5.41, 5.74) is 0. The van der Waals surface area contributed by atoms with Crippen molar-refractivity contribution < 1.29 is 0 Å². The molecule has 0 aromatic carbocycles. The van der Waals surface area contributed by atoms with E-state index in [-0.39, 0.29) is 0 Å². The van der Waals surface area contributed by atoms with Gasteiger partial charge in [-0.1, -0.05) is 20.8 Å². The molecule has 0 aromatic rings. The van der Waals surface area contributed by atoms with Gasteiger partial charge < -0.3 is 5.32 Å². The van der Waals surface area contributed by atoms with Crippen molar-refractivity contribution in [1.29, 1.82) is 0 Å². The number of nitrogens with one attached hydrogen (secondary N) is 1. The van der Waals surface area contributed by atoms with E-state index < -0.39 is 0 Å². The van der Waals surface area contributed by atoms with Crippen LogP contribution in [-0.2, 0) is 0 Å². The summed E-state index contributed by atoms with van der Waals surface area (Å²) >= 11 is 0. The zero-order chi connectivity index (χ0) is 10.1. The normalized spacial score (nSPS) is 12.8. The molecule has 0 aromatic heterocycles. The van der Waals surface area contributed by atoms with E-state index >= 15 is 0 Å². The number of terminal acetylenes is 1. The molecule has 1 N–H and O–H groups in total. The fourth-order valence-electron chi connectivity index (χ4n) is 1.32. The van der Waals surface area contributed by atoms with Crippen LogP contribution in [0.2, 0.25) is 0 Å². The molecule has 1 atom stereocenters. The number of rotatable bonds is 7. The highest BCUT2D eigenvalue weighted by Gasteiger charge is 2.02. The molecule has 0 saturated carbocycles. The summed E-state index contributed by atoms with van der Waals surface area (Å²) in [6, 6.07) is 0.525. The van der Waals surface area contributed by atoms with E-state index in [4.69, 9.17) is 6.42 Å². The van der Waals surface area contributed by atoms with Gasteiger partial charge in [0.2, 0.25) is 0 Å². The third-order valence-corrected chi connectivity index (χ3v) is 2.25. The molecule has 0 aliphatic heterocycles. The Morgan fingerprint density at radius 1 is 1.38 bits per heavy atom. The van der Waals surface area contributed by atoms with Crippen molar-refractivity contribution in [3.8, 4) is 12.3 Å². The van der Waals surface area contributed by atoms with Crippen molar-refractivity contribution in [3.05, 3.63) is 0 Å². The Bertz CT molecular complexity index is 144. The first-order valence-electron chi connectivity index (χ1n) is 5.37. The lowest BCUT2D eigenvalue weighted by Crippen LogP contribution is -2.29. The van der Waals surface area contributed by atoms with Gasteiger partial charge in [0, 0.05) is 12.5 Å². The molecular weight excluding hydrogens is 158 g/mol. The lowest BCUT2D eigenvalue weighted by molar-refractivity contribution is 0.468. The highest BCUT2D eigenvalue weighted by atomic mass is 14.9. The van der Waals surface area contributed by atoms with Crippen molar-refractivity contribution in [3.63, 3.8) is 0 Å². The van der Waals surface area contributed by atoms with Crippen LogP contribution < -0.4 is 5.32 Å². The first kappa shape index (κ1) is 12.5. The maximum Gasteiger partial charge on any atom is 0.0240 e. The Balaban J connectivity index is 3.34.